The fourth-order valence-electron chi connectivity index (χ4n) is 1.53. The molecule has 1 unspecified atom stereocenters. The summed E-state index contributed by atoms with van der Waals surface area (Å²) in [5, 5.41) is 21.3. The van der Waals surface area contributed by atoms with E-state index in [-0.39, 0.29) is 11.2 Å². The van der Waals surface area contributed by atoms with Gasteiger partial charge in [0.1, 0.15) is 9.85 Å². The quantitative estimate of drug-likeness (QED) is 0.310. The molecule has 1 fully saturated rings. The number of hydrogen-bond acceptors (Lipinski definition) is 5. The Bertz CT molecular complexity index is 319. The normalized spacial score (nSPS) is 23.1. The predicted octanol–water partition coefficient (Wildman–Crippen LogP) is -0.138. The maximum atomic E-state index is 11.2. The average Bonchev–Trinajstić information content (AvgIpc) is 2.14. The molecule has 15 heavy (non-hydrogen) atoms. The number of halogens is 1. The highest BCUT2D eigenvalue weighted by Gasteiger charge is 2.73. The van der Waals surface area contributed by atoms with Gasteiger partial charge in [0.2, 0.25) is 5.91 Å². The molecule has 1 amide bonds. The van der Waals surface area contributed by atoms with Gasteiger partial charge in [-0.1, -0.05) is 15.9 Å². The molecule has 1 atom stereocenters. The van der Waals surface area contributed by atoms with E-state index in [2.05, 4.69) is 15.9 Å². The van der Waals surface area contributed by atoms with Gasteiger partial charge in [-0.05, 0) is 6.92 Å². The third kappa shape index (κ3) is 1.46. The Morgan fingerprint density at radius 1 is 1.53 bits per heavy atom. The number of alkyl halides is 1. The van der Waals surface area contributed by atoms with Crippen molar-refractivity contribution in [1.82, 2.24) is 4.90 Å². The molecule has 0 aliphatic carbocycles. The second kappa shape index (κ2) is 3.72. The van der Waals surface area contributed by atoms with Crippen molar-refractivity contribution in [2.24, 2.45) is 0 Å². The van der Waals surface area contributed by atoms with Crippen LogP contribution >= 0.6 is 15.9 Å². The number of likely N-dealkylation sites (tertiary alicyclic amines) is 1. The Morgan fingerprint density at radius 3 is 2.27 bits per heavy atom. The number of amides is 1. The zero-order valence-electron chi connectivity index (χ0n) is 7.75. The summed E-state index contributed by atoms with van der Waals surface area (Å²) in [4.78, 5) is 31.7. The number of carbonyl (C=O) groups excluding carboxylic acids is 1. The number of hydrogen-bond donors (Lipinski definition) is 0. The van der Waals surface area contributed by atoms with E-state index in [4.69, 9.17) is 0 Å². The van der Waals surface area contributed by atoms with Gasteiger partial charge in [0, 0.05) is 0 Å². The lowest BCUT2D eigenvalue weighted by Gasteiger charge is -2.42. The summed E-state index contributed by atoms with van der Waals surface area (Å²) in [5.41, 5.74) is -2.24. The predicted molar refractivity (Wildman–Crippen MR) is 51.7 cm³/mol. The van der Waals surface area contributed by atoms with E-state index >= 15 is 0 Å². The van der Waals surface area contributed by atoms with Crippen molar-refractivity contribution in [3.8, 4) is 0 Å². The van der Waals surface area contributed by atoms with Crippen LogP contribution in [0.1, 0.15) is 6.92 Å². The van der Waals surface area contributed by atoms with E-state index in [1.807, 2.05) is 0 Å². The summed E-state index contributed by atoms with van der Waals surface area (Å²) >= 11 is 2.90. The fraction of sp³-hybridized carbons (Fsp3) is 0.833. The van der Waals surface area contributed by atoms with Crippen LogP contribution in [0.5, 0.6) is 0 Å². The summed E-state index contributed by atoms with van der Waals surface area (Å²) in [6, 6.07) is -1.02. The van der Waals surface area contributed by atoms with Gasteiger partial charge < -0.3 is 4.90 Å². The molecule has 1 rings (SSSR count). The van der Waals surface area contributed by atoms with Gasteiger partial charge in [0.25, 0.3) is 0 Å². The lowest BCUT2D eigenvalue weighted by molar-refractivity contribution is -0.817. The molecular formula is C6H8BrN3O5. The first-order valence-corrected chi connectivity index (χ1v) is 5.14. The molecule has 0 spiro atoms. The van der Waals surface area contributed by atoms with Crippen molar-refractivity contribution in [2.45, 2.75) is 18.6 Å². The minimum absolute atomic E-state index is 0.00283. The number of rotatable bonds is 3. The summed E-state index contributed by atoms with van der Waals surface area (Å²) in [7, 11) is 0. The van der Waals surface area contributed by atoms with Crippen molar-refractivity contribution in [1.29, 1.82) is 0 Å². The van der Waals surface area contributed by atoms with Crippen molar-refractivity contribution >= 4 is 21.8 Å². The number of nitrogens with zero attached hydrogens (tertiary/aromatic N) is 3. The zero-order valence-corrected chi connectivity index (χ0v) is 9.34. The highest BCUT2D eigenvalue weighted by Crippen LogP contribution is 2.32. The van der Waals surface area contributed by atoms with Gasteiger partial charge in [-0.2, -0.15) is 0 Å². The molecule has 84 valence electrons. The van der Waals surface area contributed by atoms with Gasteiger partial charge in [0.05, 0.1) is 5.33 Å². The fourth-order valence-corrected chi connectivity index (χ4v) is 1.85. The van der Waals surface area contributed by atoms with Crippen LogP contribution < -0.4 is 0 Å². The summed E-state index contributed by atoms with van der Waals surface area (Å²) in [6.07, 6.45) is 0. The molecule has 0 bridgehead atoms. The van der Waals surface area contributed by atoms with Gasteiger partial charge >= 0.3 is 5.66 Å². The van der Waals surface area contributed by atoms with Gasteiger partial charge in [-0.15, -0.1) is 0 Å². The van der Waals surface area contributed by atoms with Crippen LogP contribution in [0.4, 0.5) is 0 Å². The molecule has 0 radical (unpaired) electrons. The van der Waals surface area contributed by atoms with E-state index in [9.17, 15) is 25.0 Å². The van der Waals surface area contributed by atoms with Crippen molar-refractivity contribution in [3.63, 3.8) is 0 Å². The minimum atomic E-state index is -2.24. The molecule has 1 heterocycles. The molecule has 1 aliphatic heterocycles. The molecular weight excluding hydrogens is 274 g/mol. The molecule has 0 aromatic carbocycles. The Morgan fingerprint density at radius 2 is 2.00 bits per heavy atom. The monoisotopic (exact) mass is 281 g/mol. The molecule has 1 aliphatic rings. The van der Waals surface area contributed by atoms with E-state index in [1.54, 1.807) is 0 Å². The first-order chi connectivity index (χ1) is 6.87. The Hall–Kier alpha value is -1.25. The topological polar surface area (TPSA) is 107 Å². The second-order valence-electron chi connectivity index (χ2n) is 3.22. The Kier molecular flexibility index (Phi) is 2.93. The SMILES string of the molecule is CC1N(C(=O)CBr)CC1([N+](=O)[O-])[N+](=O)[O-]. The first kappa shape index (κ1) is 11.8. The van der Waals surface area contributed by atoms with E-state index in [1.165, 1.54) is 6.92 Å². The van der Waals surface area contributed by atoms with Gasteiger partial charge in [-0.3, -0.25) is 25.0 Å². The molecule has 9 heteroatoms. The maximum absolute atomic E-state index is 11.2. The smallest absolute Gasteiger partial charge is 0.311 e. The summed E-state index contributed by atoms with van der Waals surface area (Å²) in [5.74, 6) is -0.387. The maximum Gasteiger partial charge on any atom is 0.494 e. The Labute approximate surface area is 92.7 Å². The molecule has 0 N–H and O–H groups in total. The van der Waals surface area contributed by atoms with Crippen LogP contribution in [0.3, 0.4) is 0 Å². The average molecular weight is 282 g/mol. The lowest BCUT2D eigenvalue weighted by Crippen LogP contribution is -2.76. The number of nitro groups is 2. The minimum Gasteiger partial charge on any atom is -0.311 e. The lowest BCUT2D eigenvalue weighted by atomic mass is 9.91. The van der Waals surface area contributed by atoms with Crippen LogP contribution in [-0.2, 0) is 4.79 Å². The molecule has 0 saturated carbocycles. The van der Waals surface area contributed by atoms with Crippen molar-refractivity contribution in [3.05, 3.63) is 20.2 Å². The standard InChI is InChI=1S/C6H8BrN3O5/c1-4-6(9(12)13,10(14)15)3-8(4)5(11)2-7/h4H,2-3H2,1H3. The molecule has 0 aromatic heterocycles. The highest BCUT2D eigenvalue weighted by atomic mass is 79.9. The van der Waals surface area contributed by atoms with Crippen LogP contribution in [-0.4, -0.2) is 44.2 Å². The molecule has 8 nitrogen and oxygen atoms in total. The highest BCUT2D eigenvalue weighted by molar-refractivity contribution is 9.09. The molecule has 1 saturated heterocycles. The van der Waals surface area contributed by atoms with Gasteiger partial charge in [-0.25, -0.2) is 0 Å². The van der Waals surface area contributed by atoms with E-state index < -0.39 is 28.1 Å². The third-order valence-electron chi connectivity index (χ3n) is 2.61. The van der Waals surface area contributed by atoms with Crippen LogP contribution in [0.15, 0.2) is 0 Å². The van der Waals surface area contributed by atoms with Crippen LogP contribution in [0.2, 0.25) is 0 Å². The number of carbonyl (C=O) groups is 1. The van der Waals surface area contributed by atoms with Gasteiger partial charge in [0.15, 0.2) is 12.6 Å². The van der Waals surface area contributed by atoms with Crippen LogP contribution in [0, 0.1) is 20.2 Å². The zero-order chi connectivity index (χ0) is 11.8. The largest absolute Gasteiger partial charge is 0.494 e. The second-order valence-corrected chi connectivity index (χ2v) is 3.78. The van der Waals surface area contributed by atoms with E-state index in [0.717, 1.165) is 4.90 Å². The third-order valence-corrected chi connectivity index (χ3v) is 3.09. The van der Waals surface area contributed by atoms with E-state index in [0.29, 0.717) is 0 Å². The van der Waals surface area contributed by atoms with Crippen LogP contribution in [0.25, 0.3) is 0 Å². The first-order valence-electron chi connectivity index (χ1n) is 4.02. The summed E-state index contributed by atoms with van der Waals surface area (Å²) < 4.78 is 0. The summed E-state index contributed by atoms with van der Waals surface area (Å²) in [6.45, 7) is 0.828. The van der Waals surface area contributed by atoms with Crippen molar-refractivity contribution in [2.75, 3.05) is 11.9 Å². The van der Waals surface area contributed by atoms with Crippen molar-refractivity contribution < 1.29 is 14.6 Å². The molecule has 0 aromatic rings. The Balaban J connectivity index is 2.89.